The van der Waals surface area contributed by atoms with Crippen LogP contribution in [0.3, 0.4) is 0 Å². The summed E-state index contributed by atoms with van der Waals surface area (Å²) >= 11 is 0. The van der Waals surface area contributed by atoms with Crippen LogP contribution in [-0.2, 0) is 9.53 Å². The van der Waals surface area contributed by atoms with Crippen molar-refractivity contribution in [1.82, 2.24) is 0 Å². The molecule has 4 nitrogen and oxygen atoms in total. The van der Waals surface area contributed by atoms with Crippen LogP contribution >= 0.6 is 0 Å². The lowest BCUT2D eigenvalue weighted by atomic mass is 9.72. The average Bonchev–Trinajstić information content (AvgIpc) is 2.75. The molecule has 0 aromatic carbocycles. The van der Waals surface area contributed by atoms with Gasteiger partial charge in [-0.05, 0) is 33.1 Å². The molecule has 2 fully saturated rings. The van der Waals surface area contributed by atoms with Gasteiger partial charge >= 0.3 is 5.97 Å². The van der Waals surface area contributed by atoms with Crippen LogP contribution in [0.1, 0.15) is 40.0 Å². The van der Waals surface area contributed by atoms with Gasteiger partial charge in [0.25, 0.3) is 0 Å². The Labute approximate surface area is 113 Å². The molecular formula is C15H22O4. The Hall–Kier alpha value is -0.870. The van der Waals surface area contributed by atoms with Crippen LogP contribution in [0, 0.1) is 17.8 Å². The van der Waals surface area contributed by atoms with Gasteiger partial charge in [-0.15, -0.1) is 0 Å². The van der Waals surface area contributed by atoms with E-state index in [1.54, 1.807) is 6.92 Å². The zero-order valence-electron chi connectivity index (χ0n) is 11.7. The molecule has 106 valence electrons. The third kappa shape index (κ3) is 1.56. The number of hydrogen-bond acceptors (Lipinski definition) is 4. The van der Waals surface area contributed by atoms with E-state index >= 15 is 0 Å². The highest BCUT2D eigenvalue weighted by Gasteiger charge is 2.62. The lowest BCUT2D eigenvalue weighted by Gasteiger charge is -2.43. The molecule has 2 N–H and O–H groups in total. The van der Waals surface area contributed by atoms with Crippen LogP contribution in [0.4, 0.5) is 0 Å². The third-order valence-corrected chi connectivity index (χ3v) is 5.65. The van der Waals surface area contributed by atoms with Gasteiger partial charge in [0.1, 0.15) is 11.7 Å². The molecule has 6 atom stereocenters. The second kappa shape index (κ2) is 3.83. The molecule has 3 rings (SSSR count). The van der Waals surface area contributed by atoms with Crippen LogP contribution < -0.4 is 0 Å². The topological polar surface area (TPSA) is 66.8 Å². The van der Waals surface area contributed by atoms with Gasteiger partial charge in [-0.3, -0.25) is 4.79 Å². The van der Waals surface area contributed by atoms with Crippen molar-refractivity contribution < 1.29 is 19.7 Å². The number of fused-ring (bicyclic) bond motifs is 3. The molecule has 0 amide bonds. The lowest BCUT2D eigenvalue weighted by molar-refractivity contribution is -0.176. The normalized spacial score (nSPS) is 53.1. The Morgan fingerprint density at radius 3 is 2.79 bits per heavy atom. The maximum Gasteiger partial charge on any atom is 0.309 e. The van der Waals surface area contributed by atoms with E-state index in [9.17, 15) is 15.0 Å². The van der Waals surface area contributed by atoms with E-state index in [4.69, 9.17) is 4.74 Å². The predicted molar refractivity (Wildman–Crippen MR) is 69.2 cm³/mol. The molecule has 1 aliphatic heterocycles. The molecule has 4 heteroatoms. The maximum atomic E-state index is 11.8. The lowest BCUT2D eigenvalue weighted by Crippen LogP contribution is -2.56. The van der Waals surface area contributed by atoms with Crippen LogP contribution in [0.2, 0.25) is 0 Å². The van der Waals surface area contributed by atoms with Gasteiger partial charge in [0, 0.05) is 11.8 Å². The summed E-state index contributed by atoms with van der Waals surface area (Å²) < 4.78 is 5.55. The van der Waals surface area contributed by atoms with Crippen molar-refractivity contribution in [3.63, 3.8) is 0 Å². The highest BCUT2D eigenvalue weighted by molar-refractivity contribution is 5.75. The van der Waals surface area contributed by atoms with Crippen LogP contribution in [0.5, 0.6) is 0 Å². The molecule has 0 radical (unpaired) electrons. The van der Waals surface area contributed by atoms with Crippen LogP contribution in [-0.4, -0.2) is 33.5 Å². The fourth-order valence-corrected chi connectivity index (χ4v) is 4.21. The first kappa shape index (κ1) is 13.1. The van der Waals surface area contributed by atoms with Gasteiger partial charge in [0.2, 0.25) is 0 Å². The SMILES string of the molecule is CC1=CC[C@@]2(O)[C@H]1[C@H]1OC(=O)[C@@H](C)[C@@H]1CC[C@]2(C)O. The summed E-state index contributed by atoms with van der Waals surface area (Å²) in [5, 5.41) is 21.7. The van der Waals surface area contributed by atoms with E-state index in [-0.39, 0.29) is 29.8 Å². The molecule has 0 bridgehead atoms. The van der Waals surface area contributed by atoms with Crippen molar-refractivity contribution in [1.29, 1.82) is 0 Å². The first-order valence-corrected chi connectivity index (χ1v) is 7.10. The standard InChI is InChI=1S/C15H22O4/c1-8-4-7-15(18)11(8)12-10(5-6-14(15,3)17)9(2)13(16)19-12/h4,9-12,17-18H,5-7H2,1-3H3/t9-,10-,11+,12-,14-,15+/m0/s1. The average molecular weight is 266 g/mol. The molecule has 0 spiro atoms. The third-order valence-electron chi connectivity index (χ3n) is 5.65. The van der Waals surface area contributed by atoms with Crippen molar-refractivity contribution in [3.8, 4) is 0 Å². The summed E-state index contributed by atoms with van der Waals surface area (Å²) in [6, 6.07) is 0. The Morgan fingerprint density at radius 2 is 2.11 bits per heavy atom. The monoisotopic (exact) mass is 266 g/mol. The zero-order valence-corrected chi connectivity index (χ0v) is 11.7. The fourth-order valence-electron chi connectivity index (χ4n) is 4.21. The summed E-state index contributed by atoms with van der Waals surface area (Å²) in [5.74, 6) is -0.488. The predicted octanol–water partition coefficient (Wildman–Crippen LogP) is 1.41. The van der Waals surface area contributed by atoms with Crippen molar-refractivity contribution in [2.75, 3.05) is 0 Å². The molecule has 19 heavy (non-hydrogen) atoms. The second-order valence-corrected chi connectivity index (χ2v) is 6.72. The highest BCUT2D eigenvalue weighted by atomic mass is 16.6. The fraction of sp³-hybridized carbons (Fsp3) is 0.800. The molecule has 1 saturated heterocycles. The van der Waals surface area contributed by atoms with Gasteiger partial charge in [-0.1, -0.05) is 18.6 Å². The van der Waals surface area contributed by atoms with Crippen molar-refractivity contribution >= 4 is 5.97 Å². The number of carbonyl (C=O) groups excluding carboxylic acids is 1. The van der Waals surface area contributed by atoms with E-state index < -0.39 is 11.2 Å². The molecule has 0 aromatic rings. The van der Waals surface area contributed by atoms with Crippen LogP contribution in [0.25, 0.3) is 0 Å². The molecule has 0 unspecified atom stereocenters. The molecule has 3 aliphatic rings. The highest BCUT2D eigenvalue weighted by Crippen LogP contribution is 2.54. The van der Waals surface area contributed by atoms with Gasteiger partial charge in [-0.2, -0.15) is 0 Å². The van der Waals surface area contributed by atoms with E-state index in [0.717, 1.165) is 12.0 Å². The Kier molecular flexibility index (Phi) is 2.64. The number of esters is 1. The first-order valence-electron chi connectivity index (χ1n) is 7.10. The number of aliphatic hydroxyl groups is 2. The molecular weight excluding hydrogens is 244 g/mol. The largest absolute Gasteiger partial charge is 0.461 e. The summed E-state index contributed by atoms with van der Waals surface area (Å²) in [6.07, 6.45) is 3.34. The summed E-state index contributed by atoms with van der Waals surface area (Å²) in [5.41, 5.74) is -1.31. The summed E-state index contributed by atoms with van der Waals surface area (Å²) in [4.78, 5) is 11.8. The number of hydrogen-bond donors (Lipinski definition) is 2. The van der Waals surface area contributed by atoms with Gasteiger partial charge in [-0.25, -0.2) is 0 Å². The van der Waals surface area contributed by atoms with Crippen molar-refractivity contribution in [3.05, 3.63) is 11.6 Å². The summed E-state index contributed by atoms with van der Waals surface area (Å²) in [7, 11) is 0. The minimum atomic E-state index is -1.21. The van der Waals surface area contributed by atoms with Gasteiger partial charge in [0.05, 0.1) is 11.5 Å². The first-order chi connectivity index (χ1) is 8.78. The van der Waals surface area contributed by atoms with E-state index in [1.807, 2.05) is 19.9 Å². The Morgan fingerprint density at radius 1 is 1.42 bits per heavy atom. The molecule has 1 heterocycles. The Bertz CT molecular complexity index is 453. The minimum absolute atomic E-state index is 0.0967. The smallest absolute Gasteiger partial charge is 0.309 e. The van der Waals surface area contributed by atoms with Gasteiger partial charge in [0.15, 0.2) is 0 Å². The van der Waals surface area contributed by atoms with Crippen molar-refractivity contribution in [2.45, 2.75) is 57.3 Å². The van der Waals surface area contributed by atoms with Gasteiger partial charge < -0.3 is 14.9 Å². The molecule has 2 aliphatic carbocycles. The maximum absolute atomic E-state index is 11.8. The number of rotatable bonds is 0. The number of carbonyl (C=O) groups is 1. The van der Waals surface area contributed by atoms with Crippen LogP contribution in [0.15, 0.2) is 11.6 Å². The van der Waals surface area contributed by atoms with Crippen molar-refractivity contribution in [2.24, 2.45) is 17.8 Å². The quantitative estimate of drug-likeness (QED) is 0.514. The Balaban J connectivity index is 2.06. The minimum Gasteiger partial charge on any atom is -0.461 e. The van der Waals surface area contributed by atoms with E-state index in [1.165, 1.54) is 0 Å². The van der Waals surface area contributed by atoms with E-state index in [2.05, 4.69) is 0 Å². The zero-order chi connectivity index (χ0) is 14.0. The second-order valence-electron chi connectivity index (χ2n) is 6.72. The van der Waals surface area contributed by atoms with E-state index in [0.29, 0.717) is 12.8 Å². The number of ether oxygens (including phenoxy) is 1. The molecule has 0 aromatic heterocycles. The molecule has 1 saturated carbocycles. The summed E-state index contributed by atoms with van der Waals surface area (Å²) in [6.45, 7) is 5.55.